The average Bonchev–Trinajstić information content (AvgIpc) is 2.61. The fourth-order valence-corrected chi connectivity index (χ4v) is 2.33. The van der Waals surface area contributed by atoms with Crippen LogP contribution in [0.5, 0.6) is 0 Å². The van der Waals surface area contributed by atoms with Gasteiger partial charge in [0.05, 0.1) is 5.69 Å². The minimum Gasteiger partial charge on any atom is -0.369 e. The van der Waals surface area contributed by atoms with Gasteiger partial charge in [0, 0.05) is 24.4 Å². The molecular weight excluding hydrogens is 182 g/mol. The standard InChI is InChI=1S/C9H15N3S/c1-12-5-8(11-9(12)10)6-2-3-7(13)4-6/h5-7,13H,2-4H2,1H3,(H2,10,11)/t6-,7+/m0/s1. The van der Waals surface area contributed by atoms with Crippen LogP contribution in [0.1, 0.15) is 30.9 Å². The molecule has 4 heteroatoms. The fraction of sp³-hybridized carbons (Fsp3) is 0.667. The second-order valence-corrected chi connectivity index (χ2v) is 4.53. The number of aryl methyl sites for hydroxylation is 1. The van der Waals surface area contributed by atoms with E-state index in [2.05, 4.69) is 17.6 Å². The van der Waals surface area contributed by atoms with Crippen molar-refractivity contribution >= 4 is 18.6 Å². The third-order valence-electron chi connectivity index (χ3n) is 2.75. The molecule has 0 aromatic carbocycles. The van der Waals surface area contributed by atoms with Crippen LogP contribution in [0.15, 0.2) is 6.20 Å². The number of thiol groups is 1. The van der Waals surface area contributed by atoms with Crippen LogP contribution < -0.4 is 5.73 Å². The van der Waals surface area contributed by atoms with Gasteiger partial charge in [-0.1, -0.05) is 0 Å². The summed E-state index contributed by atoms with van der Waals surface area (Å²) in [5.41, 5.74) is 6.81. The first-order valence-corrected chi connectivity index (χ1v) is 5.15. The van der Waals surface area contributed by atoms with Crippen LogP contribution in [0.25, 0.3) is 0 Å². The second-order valence-electron chi connectivity index (χ2n) is 3.80. The van der Waals surface area contributed by atoms with Crippen molar-refractivity contribution in [2.75, 3.05) is 5.73 Å². The minimum absolute atomic E-state index is 0.549. The molecule has 2 rings (SSSR count). The average molecular weight is 197 g/mol. The first kappa shape index (κ1) is 8.94. The van der Waals surface area contributed by atoms with Gasteiger partial charge in [-0.05, 0) is 19.3 Å². The van der Waals surface area contributed by atoms with E-state index >= 15 is 0 Å². The smallest absolute Gasteiger partial charge is 0.200 e. The van der Waals surface area contributed by atoms with Gasteiger partial charge < -0.3 is 10.3 Å². The first-order valence-electron chi connectivity index (χ1n) is 4.63. The Balaban J connectivity index is 2.17. The molecule has 2 N–H and O–H groups in total. The van der Waals surface area contributed by atoms with Crippen molar-refractivity contribution in [3.05, 3.63) is 11.9 Å². The summed E-state index contributed by atoms with van der Waals surface area (Å²) in [6.45, 7) is 0. The van der Waals surface area contributed by atoms with Gasteiger partial charge in [-0.3, -0.25) is 0 Å². The Labute approximate surface area is 83.7 Å². The van der Waals surface area contributed by atoms with Crippen LogP contribution in [-0.4, -0.2) is 14.8 Å². The predicted octanol–water partition coefficient (Wildman–Crippen LogP) is 1.57. The summed E-state index contributed by atoms with van der Waals surface area (Å²) in [6.07, 6.45) is 5.57. The quantitative estimate of drug-likeness (QED) is 0.671. The maximum Gasteiger partial charge on any atom is 0.200 e. The van der Waals surface area contributed by atoms with Gasteiger partial charge in [-0.2, -0.15) is 12.6 Å². The van der Waals surface area contributed by atoms with E-state index in [0.717, 1.165) is 12.1 Å². The lowest BCUT2D eigenvalue weighted by Gasteiger charge is -2.03. The molecule has 2 atom stereocenters. The van der Waals surface area contributed by atoms with Crippen molar-refractivity contribution in [2.45, 2.75) is 30.4 Å². The third-order valence-corrected chi connectivity index (χ3v) is 3.22. The summed E-state index contributed by atoms with van der Waals surface area (Å²) >= 11 is 4.47. The largest absolute Gasteiger partial charge is 0.369 e. The highest BCUT2D eigenvalue weighted by molar-refractivity contribution is 7.80. The molecule has 13 heavy (non-hydrogen) atoms. The van der Waals surface area contributed by atoms with E-state index in [-0.39, 0.29) is 0 Å². The Morgan fingerprint density at radius 1 is 1.62 bits per heavy atom. The van der Waals surface area contributed by atoms with Crippen molar-refractivity contribution in [3.8, 4) is 0 Å². The fourth-order valence-electron chi connectivity index (χ4n) is 1.93. The van der Waals surface area contributed by atoms with E-state index in [1.807, 2.05) is 17.8 Å². The number of hydrogen-bond acceptors (Lipinski definition) is 3. The van der Waals surface area contributed by atoms with E-state index in [9.17, 15) is 0 Å². The molecule has 1 aromatic heterocycles. The van der Waals surface area contributed by atoms with E-state index in [1.54, 1.807) is 0 Å². The van der Waals surface area contributed by atoms with Crippen LogP contribution in [0.2, 0.25) is 0 Å². The highest BCUT2D eigenvalue weighted by Gasteiger charge is 2.25. The van der Waals surface area contributed by atoms with Crippen molar-refractivity contribution in [2.24, 2.45) is 7.05 Å². The Morgan fingerprint density at radius 2 is 2.38 bits per heavy atom. The van der Waals surface area contributed by atoms with Crippen LogP contribution in [0, 0.1) is 0 Å². The van der Waals surface area contributed by atoms with Crippen LogP contribution in [-0.2, 0) is 7.05 Å². The van der Waals surface area contributed by atoms with Gasteiger partial charge in [0.15, 0.2) is 5.95 Å². The van der Waals surface area contributed by atoms with Gasteiger partial charge in [0.25, 0.3) is 0 Å². The lowest BCUT2D eigenvalue weighted by molar-refractivity contribution is 0.703. The molecule has 1 aromatic rings. The Morgan fingerprint density at radius 3 is 2.85 bits per heavy atom. The molecule has 1 heterocycles. The summed E-state index contributed by atoms with van der Waals surface area (Å²) in [5, 5.41) is 0.549. The molecule has 1 aliphatic carbocycles. The van der Waals surface area contributed by atoms with Gasteiger partial charge in [0.1, 0.15) is 0 Å². The highest BCUT2D eigenvalue weighted by Crippen LogP contribution is 2.36. The van der Waals surface area contributed by atoms with Gasteiger partial charge in [-0.15, -0.1) is 0 Å². The zero-order chi connectivity index (χ0) is 9.42. The Bertz CT molecular complexity index is 288. The molecule has 0 radical (unpaired) electrons. The van der Waals surface area contributed by atoms with Crippen molar-refractivity contribution in [3.63, 3.8) is 0 Å². The topological polar surface area (TPSA) is 43.8 Å². The van der Waals surface area contributed by atoms with E-state index in [4.69, 9.17) is 5.73 Å². The SMILES string of the molecule is Cn1cc([C@H]2CC[C@@H](S)C2)nc1N. The third kappa shape index (κ3) is 1.68. The van der Waals surface area contributed by atoms with Gasteiger partial charge in [0.2, 0.25) is 0 Å². The van der Waals surface area contributed by atoms with E-state index in [1.165, 1.54) is 12.8 Å². The number of imidazole rings is 1. The minimum atomic E-state index is 0.549. The zero-order valence-corrected chi connectivity index (χ0v) is 8.67. The Hall–Kier alpha value is -0.640. The number of nitrogens with zero attached hydrogens (tertiary/aromatic N) is 2. The molecule has 0 bridgehead atoms. The normalized spacial score (nSPS) is 28.2. The van der Waals surface area contributed by atoms with E-state index < -0.39 is 0 Å². The monoisotopic (exact) mass is 197 g/mol. The second kappa shape index (κ2) is 3.25. The molecule has 3 nitrogen and oxygen atoms in total. The maximum atomic E-state index is 5.68. The molecule has 0 saturated heterocycles. The number of nitrogen functional groups attached to an aromatic ring is 1. The molecule has 0 amide bonds. The molecular formula is C9H15N3S. The molecule has 1 aliphatic rings. The number of hydrogen-bond donors (Lipinski definition) is 2. The zero-order valence-electron chi connectivity index (χ0n) is 7.77. The molecule has 72 valence electrons. The van der Waals surface area contributed by atoms with Crippen molar-refractivity contribution < 1.29 is 0 Å². The first-order chi connectivity index (χ1) is 6.16. The summed E-state index contributed by atoms with van der Waals surface area (Å²) in [4.78, 5) is 4.33. The number of nitrogens with two attached hydrogens (primary N) is 1. The lowest BCUT2D eigenvalue weighted by atomic mass is 10.1. The molecule has 0 aliphatic heterocycles. The maximum absolute atomic E-state index is 5.68. The molecule has 1 fully saturated rings. The Kier molecular flexibility index (Phi) is 2.24. The summed E-state index contributed by atoms with van der Waals surface area (Å²) in [7, 11) is 1.93. The highest BCUT2D eigenvalue weighted by atomic mass is 32.1. The van der Waals surface area contributed by atoms with Gasteiger partial charge in [-0.25, -0.2) is 4.98 Å². The molecule has 1 saturated carbocycles. The van der Waals surface area contributed by atoms with Crippen LogP contribution >= 0.6 is 12.6 Å². The van der Waals surface area contributed by atoms with Crippen LogP contribution in [0.4, 0.5) is 5.95 Å². The summed E-state index contributed by atoms with van der Waals surface area (Å²) in [5.74, 6) is 1.18. The summed E-state index contributed by atoms with van der Waals surface area (Å²) in [6, 6.07) is 0. The van der Waals surface area contributed by atoms with Crippen molar-refractivity contribution in [1.29, 1.82) is 0 Å². The number of aromatic nitrogens is 2. The van der Waals surface area contributed by atoms with Crippen molar-refractivity contribution in [1.82, 2.24) is 9.55 Å². The van der Waals surface area contributed by atoms with Gasteiger partial charge >= 0.3 is 0 Å². The number of rotatable bonds is 1. The summed E-state index contributed by atoms with van der Waals surface area (Å²) < 4.78 is 1.88. The predicted molar refractivity (Wildman–Crippen MR) is 57.0 cm³/mol. The van der Waals surface area contributed by atoms with Crippen LogP contribution in [0.3, 0.4) is 0 Å². The molecule has 0 spiro atoms. The lowest BCUT2D eigenvalue weighted by Crippen LogP contribution is -1.96. The molecule has 0 unspecified atom stereocenters. The number of anilines is 1. The van der Waals surface area contributed by atoms with E-state index in [0.29, 0.717) is 17.1 Å².